The van der Waals surface area contributed by atoms with Gasteiger partial charge in [-0.05, 0) is 19.1 Å². The second kappa shape index (κ2) is 5.27. The number of hydrogen-bond donors (Lipinski definition) is 1. The van der Waals surface area contributed by atoms with Gasteiger partial charge in [-0.3, -0.25) is 4.79 Å². The smallest absolute Gasteiger partial charge is 0.307 e. The Morgan fingerprint density at radius 2 is 2.07 bits per heavy atom. The maximum Gasteiger partial charge on any atom is 0.307 e. The lowest BCUT2D eigenvalue weighted by molar-refractivity contribution is -0.140. The minimum Gasteiger partial charge on any atom is -0.469 e. The Hall–Kier alpha value is -1.51. The molecule has 0 radical (unpaired) electrons. The van der Waals surface area contributed by atoms with Crippen LogP contribution in [0.5, 0.6) is 0 Å². The van der Waals surface area contributed by atoms with E-state index >= 15 is 0 Å². The highest BCUT2D eigenvalue weighted by Gasteiger charge is 2.07. The molecule has 0 unspecified atom stereocenters. The zero-order valence-electron chi connectivity index (χ0n) is 8.49. The Kier molecular flexibility index (Phi) is 3.98. The summed E-state index contributed by atoms with van der Waals surface area (Å²) in [6, 6.07) is 9.88. The number of methoxy groups -OCH3 is 1. The summed E-state index contributed by atoms with van der Waals surface area (Å²) < 4.78 is 4.58. The Labute approximate surface area is 84.1 Å². The summed E-state index contributed by atoms with van der Waals surface area (Å²) in [6.45, 7) is 1.95. The molecule has 3 nitrogen and oxygen atoms in total. The molecule has 1 rings (SSSR count). The number of carbonyl (C=O) groups excluding carboxylic acids is 1. The summed E-state index contributed by atoms with van der Waals surface area (Å²) in [5, 5.41) is 3.21. The van der Waals surface area contributed by atoms with Crippen molar-refractivity contribution in [3.63, 3.8) is 0 Å². The quantitative estimate of drug-likeness (QED) is 0.744. The van der Waals surface area contributed by atoms with Crippen molar-refractivity contribution in [3.05, 3.63) is 30.3 Å². The molecule has 1 atom stereocenters. The van der Waals surface area contributed by atoms with Gasteiger partial charge >= 0.3 is 5.97 Å². The minimum absolute atomic E-state index is 0.0878. The molecule has 0 saturated heterocycles. The van der Waals surface area contributed by atoms with E-state index in [9.17, 15) is 4.79 Å². The number of nitrogens with one attached hydrogen (secondary N) is 1. The third kappa shape index (κ3) is 3.47. The maximum atomic E-state index is 11.0. The number of esters is 1. The number of anilines is 1. The lowest BCUT2D eigenvalue weighted by Crippen LogP contribution is -2.20. The minimum atomic E-state index is -0.194. The van der Waals surface area contributed by atoms with E-state index in [4.69, 9.17) is 0 Å². The van der Waals surface area contributed by atoms with E-state index < -0.39 is 0 Å². The molecule has 1 N–H and O–H groups in total. The number of benzene rings is 1. The van der Waals surface area contributed by atoms with Gasteiger partial charge in [-0.15, -0.1) is 0 Å². The van der Waals surface area contributed by atoms with Crippen molar-refractivity contribution in [2.24, 2.45) is 0 Å². The largest absolute Gasteiger partial charge is 0.469 e. The Balaban J connectivity index is 2.41. The lowest BCUT2D eigenvalue weighted by Gasteiger charge is -2.13. The van der Waals surface area contributed by atoms with Gasteiger partial charge in [-0.25, -0.2) is 0 Å². The zero-order valence-corrected chi connectivity index (χ0v) is 8.49. The Bertz CT molecular complexity index is 285. The molecule has 76 valence electrons. The van der Waals surface area contributed by atoms with Crippen LogP contribution in [0.25, 0.3) is 0 Å². The Morgan fingerprint density at radius 3 is 2.64 bits per heavy atom. The SMILES string of the molecule is COC(=O)C[C@@H](C)Nc1ccccc1. The first kappa shape index (κ1) is 10.6. The van der Waals surface area contributed by atoms with E-state index in [0.717, 1.165) is 5.69 Å². The van der Waals surface area contributed by atoms with E-state index in [1.165, 1.54) is 7.11 Å². The average Bonchev–Trinajstić information content (AvgIpc) is 2.19. The van der Waals surface area contributed by atoms with Crippen molar-refractivity contribution >= 4 is 11.7 Å². The normalized spacial score (nSPS) is 11.9. The van der Waals surface area contributed by atoms with Crippen LogP contribution in [-0.4, -0.2) is 19.1 Å². The van der Waals surface area contributed by atoms with Crippen molar-refractivity contribution in [3.8, 4) is 0 Å². The van der Waals surface area contributed by atoms with E-state index in [-0.39, 0.29) is 12.0 Å². The molecule has 0 bridgehead atoms. The zero-order chi connectivity index (χ0) is 10.4. The molecule has 0 heterocycles. The van der Waals surface area contributed by atoms with E-state index in [0.29, 0.717) is 6.42 Å². The van der Waals surface area contributed by atoms with Gasteiger partial charge in [0.05, 0.1) is 13.5 Å². The molecular weight excluding hydrogens is 178 g/mol. The van der Waals surface area contributed by atoms with Gasteiger partial charge < -0.3 is 10.1 Å². The lowest BCUT2D eigenvalue weighted by atomic mass is 10.2. The van der Waals surface area contributed by atoms with Crippen LogP contribution in [0.15, 0.2) is 30.3 Å². The van der Waals surface area contributed by atoms with Crippen molar-refractivity contribution in [2.75, 3.05) is 12.4 Å². The van der Waals surface area contributed by atoms with Crippen molar-refractivity contribution in [2.45, 2.75) is 19.4 Å². The molecule has 0 aromatic heterocycles. The number of hydrogen-bond acceptors (Lipinski definition) is 3. The highest BCUT2D eigenvalue weighted by Crippen LogP contribution is 2.08. The summed E-state index contributed by atoms with van der Waals surface area (Å²) in [6.07, 6.45) is 0.380. The van der Waals surface area contributed by atoms with Gasteiger partial charge in [0.1, 0.15) is 0 Å². The topological polar surface area (TPSA) is 38.3 Å². The number of ether oxygens (including phenoxy) is 1. The predicted octanol–water partition coefficient (Wildman–Crippen LogP) is 2.05. The molecule has 0 spiro atoms. The summed E-state index contributed by atoms with van der Waals surface area (Å²) >= 11 is 0. The van der Waals surface area contributed by atoms with Crippen molar-refractivity contribution in [1.82, 2.24) is 0 Å². The van der Waals surface area contributed by atoms with Gasteiger partial charge in [0.25, 0.3) is 0 Å². The first-order valence-electron chi connectivity index (χ1n) is 4.61. The van der Waals surface area contributed by atoms with Gasteiger partial charge in [0.2, 0.25) is 0 Å². The third-order valence-corrected chi connectivity index (χ3v) is 1.89. The van der Waals surface area contributed by atoms with Crippen LogP contribution in [0.4, 0.5) is 5.69 Å². The third-order valence-electron chi connectivity index (χ3n) is 1.89. The van der Waals surface area contributed by atoms with Gasteiger partial charge in [0, 0.05) is 11.7 Å². The second-order valence-electron chi connectivity index (χ2n) is 3.19. The molecule has 0 fully saturated rings. The number of rotatable bonds is 4. The van der Waals surface area contributed by atoms with Gasteiger partial charge in [-0.2, -0.15) is 0 Å². The summed E-state index contributed by atoms with van der Waals surface area (Å²) in [7, 11) is 1.40. The van der Waals surface area contributed by atoms with Gasteiger partial charge in [0.15, 0.2) is 0 Å². The molecule has 0 aliphatic carbocycles. The van der Waals surface area contributed by atoms with Crippen LogP contribution in [0.2, 0.25) is 0 Å². The molecule has 14 heavy (non-hydrogen) atoms. The fraction of sp³-hybridized carbons (Fsp3) is 0.364. The molecule has 1 aromatic carbocycles. The summed E-state index contributed by atoms with van der Waals surface area (Å²) in [5.74, 6) is -0.194. The monoisotopic (exact) mass is 193 g/mol. The Morgan fingerprint density at radius 1 is 1.43 bits per heavy atom. The molecule has 1 aromatic rings. The molecule has 0 saturated carbocycles. The molecule has 3 heteroatoms. The van der Waals surface area contributed by atoms with E-state index in [2.05, 4.69) is 10.1 Å². The van der Waals surface area contributed by atoms with Crippen LogP contribution in [0.1, 0.15) is 13.3 Å². The fourth-order valence-electron chi connectivity index (χ4n) is 1.20. The van der Waals surface area contributed by atoms with Crippen LogP contribution in [0.3, 0.4) is 0 Å². The number of para-hydroxylation sites is 1. The predicted molar refractivity (Wildman–Crippen MR) is 56.2 cm³/mol. The van der Waals surface area contributed by atoms with Gasteiger partial charge in [-0.1, -0.05) is 18.2 Å². The highest BCUT2D eigenvalue weighted by atomic mass is 16.5. The first-order chi connectivity index (χ1) is 6.72. The van der Waals surface area contributed by atoms with Crippen molar-refractivity contribution in [1.29, 1.82) is 0 Å². The van der Waals surface area contributed by atoms with Crippen molar-refractivity contribution < 1.29 is 9.53 Å². The second-order valence-corrected chi connectivity index (χ2v) is 3.19. The molecule has 0 aliphatic rings. The van der Waals surface area contributed by atoms with E-state index in [1.54, 1.807) is 0 Å². The number of carbonyl (C=O) groups is 1. The van der Waals surface area contributed by atoms with Crippen LogP contribution in [0, 0.1) is 0 Å². The van der Waals surface area contributed by atoms with Crippen LogP contribution >= 0.6 is 0 Å². The first-order valence-corrected chi connectivity index (χ1v) is 4.61. The van der Waals surface area contributed by atoms with Crippen LogP contribution in [-0.2, 0) is 9.53 Å². The molecule has 0 aliphatic heterocycles. The van der Waals surface area contributed by atoms with Crippen LogP contribution < -0.4 is 5.32 Å². The average molecular weight is 193 g/mol. The molecular formula is C11H15NO2. The fourth-order valence-corrected chi connectivity index (χ4v) is 1.20. The highest BCUT2D eigenvalue weighted by molar-refractivity contribution is 5.70. The molecule has 0 amide bonds. The van der Waals surface area contributed by atoms with E-state index in [1.807, 2.05) is 37.3 Å². The maximum absolute atomic E-state index is 11.0. The summed E-state index contributed by atoms with van der Waals surface area (Å²) in [5.41, 5.74) is 1.02. The standard InChI is InChI=1S/C11H15NO2/c1-9(8-11(13)14-2)12-10-6-4-3-5-7-10/h3-7,9,12H,8H2,1-2H3/t9-/m1/s1. The summed E-state index contributed by atoms with van der Waals surface area (Å²) in [4.78, 5) is 11.0.